The largest absolute Gasteiger partial charge is 0.357 e. The summed E-state index contributed by atoms with van der Waals surface area (Å²) in [7, 11) is 0. The molecule has 6 rings (SSSR count). The zero-order valence-electron chi connectivity index (χ0n) is 19.2. The lowest BCUT2D eigenvalue weighted by Crippen LogP contribution is -2.52. The van der Waals surface area contributed by atoms with Gasteiger partial charge in [0, 0.05) is 31.0 Å². The van der Waals surface area contributed by atoms with Gasteiger partial charge in [0.1, 0.15) is 12.8 Å². The number of rotatable bonds is 3. The van der Waals surface area contributed by atoms with Crippen LogP contribution >= 0.6 is 0 Å². The molecule has 4 heterocycles. The van der Waals surface area contributed by atoms with E-state index in [4.69, 9.17) is 4.74 Å². The molecule has 1 N–H and O–H groups in total. The van der Waals surface area contributed by atoms with Crippen LogP contribution in [0.3, 0.4) is 0 Å². The minimum absolute atomic E-state index is 0.208. The Hall–Kier alpha value is -3.60. The van der Waals surface area contributed by atoms with Gasteiger partial charge in [0.05, 0.1) is 18.0 Å². The number of piperidine rings is 1. The van der Waals surface area contributed by atoms with Crippen molar-refractivity contribution in [3.63, 3.8) is 0 Å². The van der Waals surface area contributed by atoms with E-state index in [-0.39, 0.29) is 49.2 Å². The number of carbonyl (C=O) groups excluding carboxylic acids is 4. The van der Waals surface area contributed by atoms with Gasteiger partial charge >= 0.3 is 0 Å². The van der Waals surface area contributed by atoms with Gasteiger partial charge in [-0.05, 0) is 43.0 Å². The van der Waals surface area contributed by atoms with Crippen molar-refractivity contribution in [1.82, 2.24) is 30.1 Å². The van der Waals surface area contributed by atoms with Gasteiger partial charge in [-0.15, -0.1) is 5.10 Å². The van der Waals surface area contributed by atoms with Gasteiger partial charge in [-0.2, -0.15) is 0 Å². The standard InChI is InChI=1S/C24H26N6O5/c31-21-8-7-19(22(32)25-21)29-11-15-9-16(5-6-17(15)23(29)33)30-12-18(26-27-30)24(34)28-10-14-3-1-2-4-20(14)35-13-28/h5-6,9,12,14,19-20H,1-4,7-8,10-11,13H2,(H,25,31,32). The number of fused-ring (bicyclic) bond motifs is 2. The van der Waals surface area contributed by atoms with Crippen molar-refractivity contribution in [2.45, 2.75) is 57.2 Å². The average molecular weight is 479 g/mol. The van der Waals surface area contributed by atoms with Crippen molar-refractivity contribution in [2.75, 3.05) is 13.3 Å². The molecule has 4 amide bonds. The predicted octanol–water partition coefficient (Wildman–Crippen LogP) is 1.02. The highest BCUT2D eigenvalue weighted by Crippen LogP contribution is 2.32. The molecule has 1 aliphatic carbocycles. The Bertz CT molecular complexity index is 1220. The average Bonchev–Trinajstić information content (AvgIpc) is 3.48. The fourth-order valence-electron chi connectivity index (χ4n) is 5.62. The van der Waals surface area contributed by atoms with Crippen LogP contribution in [0.5, 0.6) is 0 Å². The first kappa shape index (κ1) is 21.9. The molecule has 2 saturated heterocycles. The fourth-order valence-corrected chi connectivity index (χ4v) is 5.62. The third kappa shape index (κ3) is 3.89. The number of aromatic nitrogens is 3. The van der Waals surface area contributed by atoms with E-state index in [2.05, 4.69) is 15.6 Å². The Morgan fingerprint density at radius 1 is 1.11 bits per heavy atom. The highest BCUT2D eigenvalue weighted by atomic mass is 16.5. The number of amides is 4. The molecule has 4 aliphatic rings. The van der Waals surface area contributed by atoms with Crippen LogP contribution in [-0.4, -0.2) is 73.8 Å². The molecule has 11 nitrogen and oxygen atoms in total. The summed E-state index contributed by atoms with van der Waals surface area (Å²) >= 11 is 0. The molecule has 35 heavy (non-hydrogen) atoms. The number of hydrogen-bond donors (Lipinski definition) is 1. The zero-order chi connectivity index (χ0) is 24.1. The summed E-state index contributed by atoms with van der Waals surface area (Å²) in [6.45, 7) is 1.21. The molecule has 1 saturated carbocycles. The maximum Gasteiger partial charge on any atom is 0.277 e. The van der Waals surface area contributed by atoms with E-state index >= 15 is 0 Å². The molecule has 182 valence electrons. The topological polar surface area (TPSA) is 127 Å². The number of imide groups is 1. The first-order chi connectivity index (χ1) is 17.0. The monoisotopic (exact) mass is 478 g/mol. The summed E-state index contributed by atoms with van der Waals surface area (Å²) < 4.78 is 7.44. The molecule has 0 radical (unpaired) electrons. The number of ether oxygens (including phenoxy) is 1. The minimum Gasteiger partial charge on any atom is -0.357 e. The molecule has 1 aromatic heterocycles. The lowest BCUT2D eigenvalue weighted by atomic mass is 9.85. The molecule has 3 aliphatic heterocycles. The van der Waals surface area contributed by atoms with Crippen molar-refractivity contribution >= 4 is 23.6 Å². The van der Waals surface area contributed by atoms with Gasteiger partial charge in [-0.1, -0.05) is 18.1 Å². The quantitative estimate of drug-likeness (QED) is 0.653. The second-order valence-electron chi connectivity index (χ2n) is 9.70. The van der Waals surface area contributed by atoms with E-state index in [0.29, 0.717) is 30.1 Å². The van der Waals surface area contributed by atoms with E-state index in [9.17, 15) is 19.2 Å². The Labute approximate surface area is 201 Å². The smallest absolute Gasteiger partial charge is 0.277 e. The second kappa shape index (κ2) is 8.56. The van der Waals surface area contributed by atoms with E-state index in [1.165, 1.54) is 22.4 Å². The van der Waals surface area contributed by atoms with Crippen LogP contribution in [0.4, 0.5) is 0 Å². The highest BCUT2D eigenvalue weighted by molar-refractivity contribution is 6.05. The Balaban J connectivity index is 1.17. The van der Waals surface area contributed by atoms with Crippen molar-refractivity contribution < 1.29 is 23.9 Å². The summed E-state index contributed by atoms with van der Waals surface area (Å²) in [6, 6.07) is 4.59. The van der Waals surface area contributed by atoms with E-state index in [0.717, 1.165) is 18.4 Å². The number of benzene rings is 1. The first-order valence-electron chi connectivity index (χ1n) is 12.1. The van der Waals surface area contributed by atoms with Crippen LogP contribution in [0.15, 0.2) is 24.4 Å². The summed E-state index contributed by atoms with van der Waals surface area (Å²) in [5, 5.41) is 10.5. The maximum atomic E-state index is 13.0. The third-order valence-corrected chi connectivity index (χ3v) is 7.51. The minimum atomic E-state index is -0.665. The van der Waals surface area contributed by atoms with Gasteiger partial charge < -0.3 is 14.5 Å². The summed E-state index contributed by atoms with van der Waals surface area (Å²) in [5.41, 5.74) is 2.18. The molecular weight excluding hydrogens is 452 g/mol. The third-order valence-electron chi connectivity index (χ3n) is 7.51. The Morgan fingerprint density at radius 2 is 1.97 bits per heavy atom. The Kier molecular flexibility index (Phi) is 5.36. The van der Waals surface area contributed by atoms with Crippen LogP contribution in [0.1, 0.15) is 64.9 Å². The van der Waals surface area contributed by atoms with Crippen molar-refractivity contribution in [1.29, 1.82) is 0 Å². The highest BCUT2D eigenvalue weighted by Gasteiger charge is 2.39. The molecule has 1 aromatic carbocycles. The van der Waals surface area contributed by atoms with Crippen LogP contribution < -0.4 is 5.32 Å². The number of nitrogens with zero attached hydrogens (tertiary/aromatic N) is 5. The molecule has 3 fully saturated rings. The van der Waals surface area contributed by atoms with Crippen LogP contribution in [-0.2, 0) is 20.9 Å². The predicted molar refractivity (Wildman–Crippen MR) is 120 cm³/mol. The lowest BCUT2D eigenvalue weighted by Gasteiger charge is -2.40. The number of nitrogens with one attached hydrogen (secondary N) is 1. The lowest BCUT2D eigenvalue weighted by molar-refractivity contribution is -0.136. The Morgan fingerprint density at radius 3 is 2.83 bits per heavy atom. The molecule has 3 atom stereocenters. The number of carbonyl (C=O) groups is 4. The molecular formula is C24H26N6O5. The summed E-state index contributed by atoms with van der Waals surface area (Å²) in [5.74, 6) is -0.826. The van der Waals surface area contributed by atoms with Gasteiger partial charge in [-0.25, -0.2) is 4.68 Å². The van der Waals surface area contributed by atoms with E-state index in [1.54, 1.807) is 23.2 Å². The zero-order valence-corrected chi connectivity index (χ0v) is 19.2. The summed E-state index contributed by atoms with van der Waals surface area (Å²) in [4.78, 5) is 52.9. The molecule has 11 heteroatoms. The van der Waals surface area contributed by atoms with Gasteiger partial charge in [0.2, 0.25) is 11.8 Å². The van der Waals surface area contributed by atoms with Crippen molar-refractivity contribution in [3.05, 3.63) is 41.2 Å². The van der Waals surface area contributed by atoms with Crippen molar-refractivity contribution in [3.8, 4) is 5.69 Å². The van der Waals surface area contributed by atoms with E-state index in [1.807, 2.05) is 6.07 Å². The van der Waals surface area contributed by atoms with Crippen LogP contribution in [0.2, 0.25) is 0 Å². The van der Waals surface area contributed by atoms with Gasteiger partial charge in [0.25, 0.3) is 11.8 Å². The number of hydrogen-bond acceptors (Lipinski definition) is 7. The maximum absolute atomic E-state index is 13.0. The van der Waals surface area contributed by atoms with Gasteiger partial charge in [0.15, 0.2) is 5.69 Å². The SMILES string of the molecule is O=C1CCC(N2Cc3cc(-n4cc(C(=O)N5COC6CCCCC6C5)nn4)ccc3C2=O)C(=O)N1. The first-order valence-corrected chi connectivity index (χ1v) is 12.1. The fraction of sp³-hybridized carbons (Fsp3) is 0.500. The van der Waals surface area contributed by atoms with E-state index < -0.39 is 11.9 Å². The molecule has 0 spiro atoms. The van der Waals surface area contributed by atoms with Crippen LogP contribution in [0, 0.1) is 5.92 Å². The molecule has 2 aromatic rings. The summed E-state index contributed by atoms with van der Waals surface area (Å²) in [6.07, 6.45) is 6.85. The van der Waals surface area contributed by atoms with Crippen molar-refractivity contribution in [2.24, 2.45) is 5.92 Å². The molecule has 3 unspecified atom stereocenters. The second-order valence-corrected chi connectivity index (χ2v) is 9.70. The van der Waals surface area contributed by atoms with Crippen LogP contribution in [0.25, 0.3) is 5.69 Å². The van der Waals surface area contributed by atoms with Gasteiger partial charge in [-0.3, -0.25) is 24.5 Å². The normalized spacial score (nSPS) is 26.4. The molecule has 0 bridgehead atoms.